The molecule has 0 aliphatic heterocycles. The zero-order valence-electron chi connectivity index (χ0n) is 7.30. The van der Waals surface area contributed by atoms with Crippen LogP contribution in [0.3, 0.4) is 0 Å². The molecule has 68 valence electrons. The van der Waals surface area contributed by atoms with Crippen LogP contribution >= 0.6 is 34.4 Å². The van der Waals surface area contributed by atoms with E-state index in [-0.39, 0.29) is 0 Å². The summed E-state index contributed by atoms with van der Waals surface area (Å²) >= 11 is 4.24. The summed E-state index contributed by atoms with van der Waals surface area (Å²) < 4.78 is 1.30. The third-order valence-corrected chi connectivity index (χ3v) is 3.68. The molecule has 2 rings (SSSR count). The number of H-pyrrole nitrogens is 1. The molecule has 0 spiro atoms. The number of halogens is 1. The van der Waals surface area contributed by atoms with E-state index in [1.165, 1.54) is 19.4 Å². The first-order valence-electron chi connectivity index (χ1n) is 4.20. The van der Waals surface area contributed by atoms with Gasteiger partial charge >= 0.3 is 0 Å². The van der Waals surface area contributed by atoms with Gasteiger partial charge < -0.3 is 4.98 Å². The zero-order chi connectivity index (χ0) is 9.26. The number of aromatic amines is 1. The minimum absolute atomic E-state index is 1.13. The Hall–Kier alpha value is -0.160. The maximum Gasteiger partial charge on any atom is 0.0465 e. The van der Waals surface area contributed by atoms with E-state index >= 15 is 0 Å². The van der Waals surface area contributed by atoms with Gasteiger partial charge in [0.15, 0.2) is 0 Å². The second kappa shape index (κ2) is 3.92. The van der Waals surface area contributed by atoms with Crippen molar-refractivity contribution in [3.8, 4) is 0 Å². The van der Waals surface area contributed by atoms with Crippen LogP contribution in [-0.4, -0.2) is 10.7 Å². The fourth-order valence-electron chi connectivity index (χ4n) is 1.32. The summed E-state index contributed by atoms with van der Waals surface area (Å²) in [4.78, 5) is 4.59. The minimum atomic E-state index is 1.13. The predicted octanol–water partition coefficient (Wildman–Crippen LogP) is 3.88. The Morgan fingerprint density at radius 1 is 1.46 bits per heavy atom. The van der Waals surface area contributed by atoms with Crippen LogP contribution in [0.2, 0.25) is 0 Å². The molecule has 0 radical (unpaired) electrons. The number of hydrogen-bond acceptors (Lipinski definition) is 1. The van der Waals surface area contributed by atoms with Crippen LogP contribution in [0.1, 0.15) is 6.92 Å². The molecule has 0 unspecified atom stereocenters. The number of hydrogen-bond donors (Lipinski definition) is 1. The van der Waals surface area contributed by atoms with Crippen molar-refractivity contribution >= 4 is 45.3 Å². The van der Waals surface area contributed by atoms with Crippen LogP contribution in [0.25, 0.3) is 10.9 Å². The molecule has 0 saturated heterocycles. The predicted molar refractivity (Wildman–Crippen MR) is 67.4 cm³/mol. The molecule has 0 saturated carbocycles. The van der Waals surface area contributed by atoms with Crippen molar-refractivity contribution in [3.05, 3.63) is 28.0 Å². The van der Waals surface area contributed by atoms with Crippen molar-refractivity contribution in [2.75, 3.05) is 5.75 Å². The van der Waals surface area contributed by atoms with E-state index in [0.29, 0.717) is 0 Å². The summed E-state index contributed by atoms with van der Waals surface area (Å²) in [6.45, 7) is 2.18. The van der Waals surface area contributed by atoms with Crippen molar-refractivity contribution in [1.29, 1.82) is 0 Å². The maximum atomic E-state index is 3.24. The molecule has 1 aromatic heterocycles. The topological polar surface area (TPSA) is 15.8 Å². The van der Waals surface area contributed by atoms with Crippen LogP contribution < -0.4 is 0 Å². The molecule has 0 atom stereocenters. The zero-order valence-corrected chi connectivity index (χ0v) is 10.3. The Balaban J connectivity index is 2.53. The fourth-order valence-corrected chi connectivity index (χ4v) is 2.62. The summed E-state index contributed by atoms with van der Waals surface area (Å²) in [6, 6.07) is 6.57. The number of aromatic nitrogens is 1. The number of thioether (sulfide) groups is 1. The van der Waals surface area contributed by atoms with Crippen molar-refractivity contribution in [2.45, 2.75) is 11.8 Å². The number of fused-ring (bicyclic) bond motifs is 1. The van der Waals surface area contributed by atoms with Gasteiger partial charge in [-0.15, -0.1) is 11.8 Å². The molecule has 1 aromatic carbocycles. The second-order valence-electron chi connectivity index (χ2n) is 2.78. The smallest absolute Gasteiger partial charge is 0.0465 e. The lowest BCUT2D eigenvalue weighted by molar-refractivity contribution is 1.43. The van der Waals surface area contributed by atoms with Gasteiger partial charge in [0.1, 0.15) is 0 Å². The minimum Gasteiger partial charge on any atom is -0.360 e. The molecule has 1 heterocycles. The lowest BCUT2D eigenvalue weighted by Crippen LogP contribution is -1.74. The first-order valence-corrected chi connectivity index (χ1v) is 6.27. The Labute approximate surface area is 95.4 Å². The Kier molecular flexibility index (Phi) is 2.83. The van der Waals surface area contributed by atoms with Gasteiger partial charge in [-0.2, -0.15) is 0 Å². The Morgan fingerprint density at radius 2 is 2.31 bits per heavy atom. The van der Waals surface area contributed by atoms with E-state index in [2.05, 4.69) is 52.7 Å². The molecule has 3 heteroatoms. The van der Waals surface area contributed by atoms with E-state index in [0.717, 1.165) is 5.75 Å². The quantitative estimate of drug-likeness (QED) is 0.657. The van der Waals surface area contributed by atoms with Crippen LogP contribution in [0.5, 0.6) is 0 Å². The van der Waals surface area contributed by atoms with E-state index < -0.39 is 0 Å². The van der Waals surface area contributed by atoms with Gasteiger partial charge in [-0.05, 0) is 46.5 Å². The second-order valence-corrected chi connectivity index (χ2v) is 5.28. The van der Waals surface area contributed by atoms with Gasteiger partial charge in [-0.25, -0.2) is 0 Å². The fraction of sp³-hybridized carbons (Fsp3) is 0.200. The average Bonchev–Trinajstić information content (AvgIpc) is 2.49. The molecule has 0 aliphatic carbocycles. The van der Waals surface area contributed by atoms with Crippen molar-refractivity contribution in [1.82, 2.24) is 4.98 Å². The Morgan fingerprint density at radius 3 is 3.08 bits per heavy atom. The monoisotopic (exact) mass is 303 g/mol. The third-order valence-electron chi connectivity index (χ3n) is 1.91. The normalized spacial score (nSPS) is 10.9. The van der Waals surface area contributed by atoms with Crippen molar-refractivity contribution in [3.63, 3.8) is 0 Å². The molecule has 13 heavy (non-hydrogen) atoms. The average molecular weight is 303 g/mol. The van der Waals surface area contributed by atoms with E-state index in [4.69, 9.17) is 0 Å². The van der Waals surface area contributed by atoms with Gasteiger partial charge in [0.05, 0.1) is 0 Å². The highest BCUT2D eigenvalue weighted by Crippen LogP contribution is 2.26. The number of rotatable bonds is 2. The first-order chi connectivity index (χ1) is 6.31. The van der Waals surface area contributed by atoms with Crippen LogP contribution in [0, 0.1) is 3.57 Å². The summed E-state index contributed by atoms with van der Waals surface area (Å²) in [5, 5.41) is 1.33. The molecule has 2 aromatic rings. The van der Waals surface area contributed by atoms with Crippen LogP contribution in [-0.2, 0) is 0 Å². The van der Waals surface area contributed by atoms with Crippen molar-refractivity contribution < 1.29 is 0 Å². The maximum absolute atomic E-state index is 3.24. The highest BCUT2D eigenvalue weighted by Gasteiger charge is 2.01. The summed E-state index contributed by atoms with van der Waals surface area (Å²) in [6.07, 6.45) is 2.05. The van der Waals surface area contributed by atoms with E-state index in [9.17, 15) is 0 Å². The molecule has 1 N–H and O–H groups in total. The number of benzene rings is 1. The molecule has 0 aliphatic rings. The van der Waals surface area contributed by atoms with E-state index in [1.54, 1.807) is 0 Å². The van der Waals surface area contributed by atoms with Crippen molar-refractivity contribution in [2.24, 2.45) is 0 Å². The van der Waals surface area contributed by atoms with Gasteiger partial charge in [0, 0.05) is 25.6 Å². The summed E-state index contributed by atoms with van der Waals surface area (Å²) in [7, 11) is 0. The third kappa shape index (κ3) is 1.86. The van der Waals surface area contributed by atoms with Gasteiger partial charge in [0.25, 0.3) is 0 Å². The molecular formula is C10H10INS. The Bertz CT molecular complexity index is 422. The van der Waals surface area contributed by atoms with Gasteiger partial charge in [0.2, 0.25) is 0 Å². The summed E-state index contributed by atoms with van der Waals surface area (Å²) in [5.41, 5.74) is 1.23. The first kappa shape index (κ1) is 9.40. The lowest BCUT2D eigenvalue weighted by atomic mass is 10.2. The van der Waals surface area contributed by atoms with E-state index in [1.807, 2.05) is 18.0 Å². The molecular weight excluding hydrogens is 293 g/mol. The largest absolute Gasteiger partial charge is 0.360 e. The SMILES string of the molecule is CCSc1ccc2[nH]cc(I)c2c1. The molecule has 0 bridgehead atoms. The molecule has 0 amide bonds. The summed E-state index contributed by atoms with van der Waals surface area (Å²) in [5.74, 6) is 1.13. The lowest BCUT2D eigenvalue weighted by Gasteiger charge is -1.98. The highest BCUT2D eigenvalue weighted by atomic mass is 127. The van der Waals surface area contributed by atoms with Crippen LogP contribution in [0.15, 0.2) is 29.3 Å². The van der Waals surface area contributed by atoms with Gasteiger partial charge in [-0.3, -0.25) is 0 Å². The highest BCUT2D eigenvalue weighted by molar-refractivity contribution is 14.1. The van der Waals surface area contributed by atoms with Gasteiger partial charge in [-0.1, -0.05) is 6.92 Å². The standard InChI is InChI=1S/C10H10INS/c1-2-13-7-3-4-10-8(5-7)9(11)6-12-10/h3-6,12H,2H2,1H3. The van der Waals surface area contributed by atoms with Crippen LogP contribution in [0.4, 0.5) is 0 Å². The molecule has 1 nitrogen and oxygen atoms in total. The number of nitrogens with one attached hydrogen (secondary N) is 1. The molecule has 0 fully saturated rings.